The van der Waals surface area contributed by atoms with Crippen LogP contribution in [-0.2, 0) is 53.1 Å². The van der Waals surface area contributed by atoms with E-state index in [1.54, 1.807) is 36.4 Å². The number of Topliss-reactive ketones (excluding diaryl/α,β-unsaturated/α-hetero) is 2. The van der Waals surface area contributed by atoms with E-state index >= 15 is 0 Å². The minimum atomic E-state index is -1.67. The standard InChI is InChI=1S/C72H91BN8O20/c1-44(2)54(33-53(84)14-9-7-10-27-79-65(86)24-25-66(79)87)67(88)76-57(15-13-26-75-70(74)91)60(85)32-47-16-18-48(19-17-47)42-100-71(92)77-58-36-63(61(96-5)34-55(58)68(89)80-38-45(3)30-51(80)40-82)98-28-11-8-12-29-99-64-37-59(78-72(93)101-43-49-20-22-50(23-21-49)73(94)95)56(35-62(64)97-6)69(90)81-39-46(4)31-52(81)41-83/h16-25,34-37,44,51-52,54,57,82-83,94-95H,3-4,7-15,26-33,38-43H2,1-2,5-6H3,(H,76,88)(H,77,92)(H,78,93)(H3,74,75,91)/t51-,52-,54-,57-/m0/s1. The number of nitrogens with two attached hydrogens (primary N) is 1. The second-order valence-corrected chi connectivity index (χ2v) is 25.3. The fraction of sp³-hybridized carbons (Fsp3) is 0.444. The summed E-state index contributed by atoms with van der Waals surface area (Å²) in [4.78, 5) is 136. The van der Waals surface area contributed by atoms with Crippen LogP contribution in [0, 0.1) is 11.8 Å². The molecule has 0 spiro atoms. The van der Waals surface area contributed by atoms with Gasteiger partial charge < -0.3 is 74.8 Å². The van der Waals surface area contributed by atoms with Crippen LogP contribution in [0.15, 0.2) is 109 Å². The fourth-order valence-corrected chi connectivity index (χ4v) is 11.8. The number of hydrogen-bond acceptors (Lipinski definition) is 20. The zero-order chi connectivity index (χ0) is 73.3. The Labute approximate surface area is 586 Å². The molecule has 28 nitrogen and oxygen atoms in total. The topological polar surface area (TPSA) is 391 Å². The highest BCUT2D eigenvalue weighted by molar-refractivity contribution is 6.58. The second-order valence-electron chi connectivity index (χ2n) is 25.3. The maximum atomic E-state index is 14.3. The molecule has 101 heavy (non-hydrogen) atoms. The van der Waals surface area contributed by atoms with Crippen molar-refractivity contribution in [1.29, 1.82) is 0 Å². The van der Waals surface area contributed by atoms with E-state index in [2.05, 4.69) is 34.4 Å². The number of unbranched alkanes of at least 4 members (excludes halogenated alkanes) is 4. The highest BCUT2D eigenvalue weighted by atomic mass is 16.6. The largest absolute Gasteiger partial charge is 0.493 e. The third kappa shape index (κ3) is 23.0. The number of aliphatic hydroxyl groups is 2. The van der Waals surface area contributed by atoms with Gasteiger partial charge in [0.25, 0.3) is 23.6 Å². The highest BCUT2D eigenvalue weighted by Crippen LogP contribution is 2.38. The molecule has 2 fully saturated rings. The summed E-state index contributed by atoms with van der Waals surface area (Å²) in [6, 6.07) is 15.7. The maximum absolute atomic E-state index is 14.3. The Balaban J connectivity index is 0.955. The highest BCUT2D eigenvalue weighted by Gasteiger charge is 2.36. The fourth-order valence-electron chi connectivity index (χ4n) is 11.8. The third-order valence-electron chi connectivity index (χ3n) is 17.4. The number of imide groups is 1. The number of carbonyl (C=O) groups is 10. The minimum Gasteiger partial charge on any atom is -0.493 e. The van der Waals surface area contributed by atoms with Crippen molar-refractivity contribution < 1.29 is 96.6 Å². The van der Waals surface area contributed by atoms with E-state index in [4.69, 9.17) is 34.2 Å². The van der Waals surface area contributed by atoms with Crippen LogP contribution in [0.4, 0.5) is 25.8 Å². The van der Waals surface area contributed by atoms with Gasteiger partial charge in [0.1, 0.15) is 19.0 Å². The average Bonchev–Trinajstić information content (AvgIpc) is 1.79. The Hall–Kier alpha value is -10.1. The van der Waals surface area contributed by atoms with Gasteiger partial charge in [-0.1, -0.05) is 93.1 Å². The number of ether oxygens (including phenoxy) is 6. The van der Waals surface area contributed by atoms with E-state index < -0.39 is 67.1 Å². The zero-order valence-corrected chi connectivity index (χ0v) is 57.5. The van der Waals surface area contributed by atoms with Gasteiger partial charge in [0.15, 0.2) is 28.8 Å². The number of amides is 9. The molecule has 3 heterocycles. The van der Waals surface area contributed by atoms with Gasteiger partial charge in [0, 0.05) is 75.6 Å². The number of nitrogens with zero attached hydrogens (tertiary/aromatic N) is 3. The summed E-state index contributed by atoms with van der Waals surface area (Å²) in [5.74, 6) is -2.99. The molecule has 29 heteroatoms. The molecule has 0 saturated carbocycles. The van der Waals surface area contributed by atoms with Crippen LogP contribution in [0.3, 0.4) is 0 Å². The van der Waals surface area contributed by atoms with E-state index in [1.807, 2.05) is 13.8 Å². The van der Waals surface area contributed by atoms with Crippen molar-refractivity contribution in [3.05, 3.63) is 137 Å². The van der Waals surface area contributed by atoms with Gasteiger partial charge in [-0.3, -0.25) is 49.1 Å². The first-order chi connectivity index (χ1) is 48.4. The van der Waals surface area contributed by atoms with Gasteiger partial charge in [0.2, 0.25) is 5.91 Å². The predicted octanol–water partition coefficient (Wildman–Crippen LogP) is 5.80. The molecule has 3 aliphatic rings. The second kappa shape index (κ2) is 38.5. The molecule has 0 radical (unpaired) electrons. The maximum Gasteiger partial charge on any atom is 0.488 e. The lowest BCUT2D eigenvalue weighted by Gasteiger charge is -2.25. The normalized spacial score (nSPS) is 15.5. The number of ketones is 2. The summed E-state index contributed by atoms with van der Waals surface area (Å²) in [6.07, 6.45) is 5.00. The Kier molecular flexibility index (Phi) is 29.8. The number of urea groups is 1. The molecule has 542 valence electrons. The van der Waals surface area contributed by atoms with Gasteiger partial charge >= 0.3 is 25.3 Å². The number of nitrogens with one attached hydrogen (secondary N) is 4. The van der Waals surface area contributed by atoms with Crippen molar-refractivity contribution in [2.24, 2.45) is 17.6 Å². The van der Waals surface area contributed by atoms with E-state index in [0.717, 1.165) is 16.0 Å². The number of primary amides is 1. The molecule has 9 amide bonds. The summed E-state index contributed by atoms with van der Waals surface area (Å²) in [5.41, 5.74) is 8.75. The van der Waals surface area contributed by atoms with E-state index in [9.17, 15) is 68.2 Å². The van der Waals surface area contributed by atoms with Crippen LogP contribution in [0.1, 0.15) is 128 Å². The first-order valence-electron chi connectivity index (χ1n) is 33.6. The molecule has 3 aliphatic heterocycles. The molecular formula is C72H91BN8O20. The molecule has 0 aliphatic carbocycles. The van der Waals surface area contributed by atoms with Crippen LogP contribution in [0.2, 0.25) is 0 Å². The van der Waals surface area contributed by atoms with E-state index in [0.29, 0.717) is 74.5 Å². The third-order valence-corrected chi connectivity index (χ3v) is 17.4. The van der Waals surface area contributed by atoms with Crippen molar-refractivity contribution in [1.82, 2.24) is 25.3 Å². The molecule has 4 atom stereocenters. The minimum absolute atomic E-state index is 0.0127. The van der Waals surface area contributed by atoms with Crippen molar-refractivity contribution in [2.75, 3.05) is 77.5 Å². The lowest BCUT2D eigenvalue weighted by molar-refractivity contribution is -0.137. The number of likely N-dealkylation sites (tertiary alicyclic amines) is 2. The lowest BCUT2D eigenvalue weighted by atomic mass is 9.80. The first kappa shape index (κ1) is 78.2. The van der Waals surface area contributed by atoms with Crippen molar-refractivity contribution in [3.63, 3.8) is 0 Å². The van der Waals surface area contributed by atoms with Crippen LogP contribution in [0.25, 0.3) is 0 Å². The van der Waals surface area contributed by atoms with Crippen molar-refractivity contribution >= 4 is 83.3 Å². The van der Waals surface area contributed by atoms with Gasteiger partial charge in [-0.15, -0.1) is 0 Å². The first-order valence-corrected chi connectivity index (χ1v) is 33.6. The van der Waals surface area contributed by atoms with Gasteiger partial charge in [-0.25, -0.2) is 14.4 Å². The lowest BCUT2D eigenvalue weighted by Crippen LogP contribution is -2.46. The molecule has 4 aromatic carbocycles. The number of aliphatic hydroxyl groups excluding tert-OH is 2. The monoisotopic (exact) mass is 1400 g/mol. The average molecular weight is 1400 g/mol. The smallest absolute Gasteiger partial charge is 0.488 e. The van der Waals surface area contributed by atoms with E-state index in [1.165, 1.54) is 72.6 Å². The zero-order valence-electron chi connectivity index (χ0n) is 57.5. The number of carbonyl (C=O) groups excluding carboxylic acids is 10. The Bertz CT molecular complexity index is 3660. The van der Waals surface area contributed by atoms with Gasteiger partial charge in [-0.05, 0) is 98.0 Å². The Morgan fingerprint density at radius 1 is 0.644 bits per heavy atom. The molecule has 4 aromatic rings. The molecule has 10 N–H and O–H groups in total. The predicted molar refractivity (Wildman–Crippen MR) is 372 cm³/mol. The van der Waals surface area contributed by atoms with Crippen molar-refractivity contribution in [3.8, 4) is 23.0 Å². The SMILES string of the molecule is C=C1C[C@@H](CO)N(C(=O)c2cc(OC)c(OCCCCCOc3cc(NC(=O)OCc4ccc(B(O)O)cc4)c(C(=O)N4CC(=C)C[C@H]4CO)cc3OC)cc2NC(=O)OCc2ccc(CC(=O)[C@H](CCCNC(N)=O)NC(=O)[C@@H](CC(=O)CCCCCN3C(=O)C=CC3=O)C(C)C)cc2)C1. The number of anilines is 2. The van der Waals surface area contributed by atoms with Crippen molar-refractivity contribution in [2.45, 2.75) is 129 Å². The summed E-state index contributed by atoms with van der Waals surface area (Å²) in [6.45, 7) is 11.6. The Morgan fingerprint density at radius 3 is 1.59 bits per heavy atom. The number of benzene rings is 4. The number of methoxy groups -OCH3 is 2. The van der Waals surface area contributed by atoms with Crippen LogP contribution >= 0.6 is 0 Å². The molecule has 0 unspecified atom stereocenters. The number of hydrogen-bond donors (Lipinski definition) is 9. The summed E-state index contributed by atoms with van der Waals surface area (Å²) >= 11 is 0. The van der Waals surface area contributed by atoms with E-state index in [-0.39, 0.29) is 172 Å². The van der Waals surface area contributed by atoms with Gasteiger partial charge in [0.05, 0.1) is 81.3 Å². The quantitative estimate of drug-likeness (QED) is 0.0110. The molecular weight excluding hydrogens is 1310 g/mol. The summed E-state index contributed by atoms with van der Waals surface area (Å²) in [5, 5.41) is 49.9. The molecule has 2 saturated heterocycles. The molecule has 0 bridgehead atoms. The van der Waals surface area contributed by atoms with Crippen LogP contribution in [-0.4, -0.2) is 186 Å². The molecule has 0 aromatic heterocycles. The summed E-state index contributed by atoms with van der Waals surface area (Å²) in [7, 11) is 1.12. The number of rotatable bonds is 39. The molecule has 7 rings (SSSR count). The van der Waals surface area contributed by atoms with Gasteiger partial charge in [-0.2, -0.15) is 0 Å². The summed E-state index contributed by atoms with van der Waals surface area (Å²) < 4.78 is 34.8. The van der Waals surface area contributed by atoms with Crippen LogP contribution < -0.4 is 51.4 Å². The van der Waals surface area contributed by atoms with Crippen LogP contribution in [0.5, 0.6) is 23.0 Å². The Morgan fingerprint density at radius 2 is 1.13 bits per heavy atom.